The highest BCUT2D eigenvalue weighted by Crippen LogP contribution is 2.12. The smallest absolute Gasteiger partial charge is 0.360 e. The molecule has 0 atom stereocenters. The lowest BCUT2D eigenvalue weighted by Gasteiger charge is -1.98. The van der Waals surface area contributed by atoms with Gasteiger partial charge in [0.2, 0.25) is 5.71 Å². The average Bonchev–Trinajstić information content (AvgIpc) is 2.95. The maximum absolute atomic E-state index is 11.0. The van der Waals surface area contributed by atoms with Crippen molar-refractivity contribution in [1.29, 1.82) is 0 Å². The van der Waals surface area contributed by atoms with Crippen molar-refractivity contribution in [3.63, 3.8) is 0 Å². The van der Waals surface area contributed by atoms with Crippen LogP contribution in [-0.4, -0.2) is 42.4 Å². The molecule has 0 aliphatic heterocycles. The highest BCUT2D eigenvalue weighted by molar-refractivity contribution is 7.13. The molecule has 2 aromatic rings. The van der Waals surface area contributed by atoms with Gasteiger partial charge in [-0.05, 0) is 10.4 Å². The first kappa shape index (κ1) is 11.9. The van der Waals surface area contributed by atoms with Crippen LogP contribution in [0.1, 0.15) is 11.5 Å². The van der Waals surface area contributed by atoms with Gasteiger partial charge in [0.05, 0.1) is 0 Å². The summed E-state index contributed by atoms with van der Waals surface area (Å²) >= 11 is 1.11. The Labute approximate surface area is 103 Å². The molecule has 10 nitrogen and oxygen atoms in total. The van der Waals surface area contributed by atoms with Gasteiger partial charge >= 0.3 is 5.97 Å². The Hall–Kier alpha value is -2.56. The second kappa shape index (κ2) is 5.18. The largest absolute Gasteiger partial charge is 0.476 e. The number of H-pyrrole nitrogens is 1. The molecule has 0 aromatic carbocycles. The highest BCUT2D eigenvalue weighted by atomic mass is 32.1. The van der Waals surface area contributed by atoms with Crippen molar-refractivity contribution in [1.82, 2.24) is 25.6 Å². The fourth-order valence-corrected chi connectivity index (χ4v) is 1.54. The van der Waals surface area contributed by atoms with Crippen LogP contribution < -0.4 is 5.73 Å². The zero-order chi connectivity index (χ0) is 13.0. The number of nitrogen functional groups attached to an aromatic ring is 1. The van der Waals surface area contributed by atoms with Gasteiger partial charge in [-0.2, -0.15) is 0 Å². The van der Waals surface area contributed by atoms with Crippen molar-refractivity contribution >= 4 is 28.1 Å². The van der Waals surface area contributed by atoms with E-state index < -0.39 is 5.97 Å². The predicted molar refractivity (Wildman–Crippen MR) is 59.7 cm³/mol. The predicted octanol–water partition coefficient (Wildman–Crippen LogP) is -0.756. The zero-order valence-electron chi connectivity index (χ0n) is 8.77. The number of nitrogens with one attached hydrogen (secondary N) is 1. The number of tetrazole rings is 1. The molecule has 0 aliphatic carbocycles. The van der Waals surface area contributed by atoms with Crippen molar-refractivity contribution in [2.75, 3.05) is 5.73 Å². The third-order valence-electron chi connectivity index (χ3n) is 1.71. The van der Waals surface area contributed by atoms with Crippen molar-refractivity contribution in [2.45, 2.75) is 6.61 Å². The molecule has 0 unspecified atom stereocenters. The Morgan fingerprint density at radius 2 is 2.50 bits per heavy atom. The number of aromatic nitrogens is 5. The Kier molecular flexibility index (Phi) is 3.43. The lowest BCUT2D eigenvalue weighted by molar-refractivity contribution is -0.129. The van der Waals surface area contributed by atoms with Crippen LogP contribution in [0.25, 0.3) is 0 Å². The summed E-state index contributed by atoms with van der Waals surface area (Å²) < 4.78 is 0. The molecule has 0 bridgehead atoms. The molecule has 4 N–H and O–H groups in total. The van der Waals surface area contributed by atoms with E-state index in [1.54, 1.807) is 0 Å². The van der Waals surface area contributed by atoms with Crippen molar-refractivity contribution < 1.29 is 14.7 Å². The topological polar surface area (TPSA) is 152 Å². The molecule has 18 heavy (non-hydrogen) atoms. The van der Waals surface area contributed by atoms with E-state index in [0.717, 1.165) is 11.3 Å². The second-order valence-electron chi connectivity index (χ2n) is 2.94. The van der Waals surface area contributed by atoms with Crippen LogP contribution in [-0.2, 0) is 16.2 Å². The average molecular weight is 269 g/mol. The fraction of sp³-hybridized carbons (Fsp3) is 0.143. The third kappa shape index (κ3) is 2.76. The first-order valence-electron chi connectivity index (χ1n) is 4.54. The molecule has 11 heteroatoms. The summed E-state index contributed by atoms with van der Waals surface area (Å²) in [4.78, 5) is 19.6. The summed E-state index contributed by atoms with van der Waals surface area (Å²) in [5.74, 6) is -0.947. The summed E-state index contributed by atoms with van der Waals surface area (Å²) in [6, 6.07) is 0. The standard InChI is InChI=1S/C7H7N7O3S/c8-7-9-3(2-18-7)5(6(15)16)12-17-1-4-10-13-14-11-4/h2H,1H2,(H2,8,9)(H,15,16)(H,10,11,13,14). The van der Waals surface area contributed by atoms with E-state index in [0.29, 0.717) is 5.82 Å². The lowest BCUT2D eigenvalue weighted by atomic mass is 10.3. The molecule has 0 radical (unpaired) electrons. The summed E-state index contributed by atoms with van der Waals surface area (Å²) in [5, 5.41) is 26.8. The number of carbonyl (C=O) groups is 1. The zero-order valence-corrected chi connectivity index (χ0v) is 9.59. The van der Waals surface area contributed by atoms with Crippen molar-refractivity contribution in [3.05, 3.63) is 16.9 Å². The fourth-order valence-electron chi connectivity index (χ4n) is 0.990. The molecule has 0 aliphatic rings. The number of anilines is 1. The minimum atomic E-state index is -1.27. The lowest BCUT2D eigenvalue weighted by Crippen LogP contribution is -2.15. The molecule has 2 heterocycles. The summed E-state index contributed by atoms with van der Waals surface area (Å²) in [6.45, 7) is -0.0800. The molecule has 0 amide bonds. The number of oxime groups is 1. The number of aliphatic carboxylic acids is 1. The molecular weight excluding hydrogens is 262 g/mol. The van der Waals surface area contributed by atoms with E-state index in [9.17, 15) is 4.79 Å². The van der Waals surface area contributed by atoms with E-state index in [-0.39, 0.29) is 23.1 Å². The van der Waals surface area contributed by atoms with Gasteiger partial charge < -0.3 is 15.7 Å². The van der Waals surface area contributed by atoms with Gasteiger partial charge in [0.1, 0.15) is 5.69 Å². The van der Waals surface area contributed by atoms with Crippen LogP contribution >= 0.6 is 11.3 Å². The number of aromatic amines is 1. The monoisotopic (exact) mass is 269 g/mol. The molecule has 94 valence electrons. The number of rotatable bonds is 5. The maximum atomic E-state index is 11.0. The molecule has 0 fully saturated rings. The number of hydrogen-bond donors (Lipinski definition) is 3. The molecular formula is C7H7N7O3S. The number of nitrogens with two attached hydrogens (primary N) is 1. The van der Waals surface area contributed by atoms with E-state index >= 15 is 0 Å². The normalized spacial score (nSPS) is 11.4. The SMILES string of the molecule is Nc1nc(C(=NOCc2nnn[nH]2)C(=O)O)cs1. The number of nitrogens with zero attached hydrogens (tertiary/aromatic N) is 5. The minimum absolute atomic E-state index is 0.0800. The van der Waals surface area contributed by atoms with Crippen LogP contribution in [0.5, 0.6) is 0 Å². The number of carboxylic acids is 1. The van der Waals surface area contributed by atoms with E-state index in [2.05, 4.69) is 30.8 Å². The van der Waals surface area contributed by atoms with E-state index in [1.165, 1.54) is 5.38 Å². The summed E-state index contributed by atoms with van der Waals surface area (Å²) in [6.07, 6.45) is 0. The van der Waals surface area contributed by atoms with Crippen LogP contribution in [0, 0.1) is 0 Å². The minimum Gasteiger partial charge on any atom is -0.476 e. The Morgan fingerprint density at radius 1 is 1.67 bits per heavy atom. The molecule has 2 rings (SSSR count). The van der Waals surface area contributed by atoms with Crippen molar-refractivity contribution in [3.8, 4) is 0 Å². The van der Waals surface area contributed by atoms with Gasteiger partial charge in [0.25, 0.3) is 0 Å². The molecule has 0 saturated carbocycles. The molecule has 0 saturated heterocycles. The summed E-state index contributed by atoms with van der Waals surface area (Å²) in [5.41, 5.74) is 5.21. The Bertz CT molecular complexity index is 563. The first-order chi connectivity index (χ1) is 8.66. The van der Waals surface area contributed by atoms with Gasteiger partial charge in [0.15, 0.2) is 17.6 Å². The maximum Gasteiger partial charge on any atom is 0.360 e. The van der Waals surface area contributed by atoms with Gasteiger partial charge in [0, 0.05) is 5.38 Å². The number of hydrogen-bond acceptors (Lipinski definition) is 9. The van der Waals surface area contributed by atoms with Crippen LogP contribution in [0.4, 0.5) is 5.13 Å². The van der Waals surface area contributed by atoms with Crippen molar-refractivity contribution in [2.24, 2.45) is 5.16 Å². The van der Waals surface area contributed by atoms with Crippen LogP contribution in [0.3, 0.4) is 0 Å². The van der Waals surface area contributed by atoms with Gasteiger partial charge in [-0.1, -0.05) is 5.16 Å². The number of thiazole rings is 1. The number of carboxylic acid groups (broad SMARTS) is 1. The van der Waals surface area contributed by atoms with E-state index in [1.807, 2.05) is 0 Å². The quantitative estimate of drug-likeness (QED) is 0.473. The van der Waals surface area contributed by atoms with Gasteiger partial charge in [-0.3, -0.25) is 0 Å². The molecule has 2 aromatic heterocycles. The van der Waals surface area contributed by atoms with Crippen LogP contribution in [0.2, 0.25) is 0 Å². The highest BCUT2D eigenvalue weighted by Gasteiger charge is 2.17. The second-order valence-corrected chi connectivity index (χ2v) is 3.83. The third-order valence-corrected chi connectivity index (χ3v) is 2.39. The summed E-state index contributed by atoms with van der Waals surface area (Å²) in [7, 11) is 0. The molecule has 0 spiro atoms. The Balaban J connectivity index is 2.08. The Morgan fingerprint density at radius 3 is 3.06 bits per heavy atom. The van der Waals surface area contributed by atoms with Crippen LogP contribution in [0.15, 0.2) is 10.5 Å². The first-order valence-corrected chi connectivity index (χ1v) is 5.42. The van der Waals surface area contributed by atoms with Gasteiger partial charge in [-0.15, -0.1) is 16.4 Å². The van der Waals surface area contributed by atoms with E-state index in [4.69, 9.17) is 15.7 Å². The van der Waals surface area contributed by atoms with Gasteiger partial charge in [-0.25, -0.2) is 14.9 Å².